The first-order chi connectivity index (χ1) is 5.35. The van der Waals surface area contributed by atoms with Crippen LogP contribution >= 0.6 is 0 Å². The van der Waals surface area contributed by atoms with E-state index in [4.69, 9.17) is 6.42 Å². The van der Waals surface area contributed by atoms with Crippen molar-refractivity contribution >= 4 is 0 Å². The molecule has 0 aromatic rings. The van der Waals surface area contributed by atoms with Crippen LogP contribution in [0.25, 0.3) is 0 Å². The molecule has 0 rings (SSSR count). The van der Waals surface area contributed by atoms with E-state index >= 15 is 0 Å². The summed E-state index contributed by atoms with van der Waals surface area (Å²) in [6, 6.07) is -0.946. The van der Waals surface area contributed by atoms with E-state index in [0.717, 1.165) is 0 Å². The highest BCUT2D eigenvalue weighted by molar-refractivity contribution is 4.96. The third-order valence-electron chi connectivity index (χ3n) is 1.32. The molecule has 70 valence electrons. The van der Waals surface area contributed by atoms with Gasteiger partial charge < -0.3 is 5.32 Å². The van der Waals surface area contributed by atoms with Crippen LogP contribution in [-0.2, 0) is 0 Å². The second kappa shape index (κ2) is 4.36. The van der Waals surface area contributed by atoms with E-state index in [9.17, 15) is 13.2 Å². The molecule has 1 nitrogen and oxygen atoms in total. The molecule has 0 aliphatic carbocycles. The maximum absolute atomic E-state index is 11.8. The van der Waals surface area contributed by atoms with E-state index in [1.807, 2.05) is 0 Å². The van der Waals surface area contributed by atoms with Gasteiger partial charge in [0.1, 0.15) is 0 Å². The van der Waals surface area contributed by atoms with Crippen molar-refractivity contribution in [3.05, 3.63) is 0 Å². The maximum atomic E-state index is 11.8. The van der Waals surface area contributed by atoms with E-state index < -0.39 is 18.6 Å². The third kappa shape index (κ3) is 6.05. The Balaban J connectivity index is 3.76. The molecule has 0 aliphatic rings. The average molecular weight is 179 g/mol. The Morgan fingerprint density at radius 1 is 1.42 bits per heavy atom. The minimum absolute atomic E-state index is 0.317. The van der Waals surface area contributed by atoms with Crippen LogP contribution in [0.5, 0.6) is 0 Å². The average Bonchev–Trinajstić information content (AvgIpc) is 1.82. The smallest absolute Gasteiger partial charge is 0.301 e. The van der Waals surface area contributed by atoms with Gasteiger partial charge in [0.15, 0.2) is 0 Å². The first-order valence-electron chi connectivity index (χ1n) is 3.64. The fourth-order valence-corrected chi connectivity index (χ4v) is 0.881. The Kier molecular flexibility index (Phi) is 4.11. The zero-order valence-electron chi connectivity index (χ0n) is 7.07. The molecule has 0 fully saturated rings. The van der Waals surface area contributed by atoms with Gasteiger partial charge in [0, 0.05) is 6.04 Å². The summed E-state index contributed by atoms with van der Waals surface area (Å²) in [6.07, 6.45) is 0.0179. The van der Waals surface area contributed by atoms with Crippen LogP contribution in [-0.4, -0.2) is 18.3 Å². The number of nitrogens with one attached hydrogen (secondary N) is 1. The van der Waals surface area contributed by atoms with Crippen molar-refractivity contribution in [2.45, 2.75) is 38.5 Å². The van der Waals surface area contributed by atoms with Gasteiger partial charge in [0.05, 0.1) is 12.5 Å². The topological polar surface area (TPSA) is 12.0 Å². The minimum atomic E-state index is -4.12. The van der Waals surface area contributed by atoms with Gasteiger partial charge in [-0.05, 0) is 13.8 Å². The molecular formula is C8H12F3N. The molecule has 0 aliphatic heterocycles. The van der Waals surface area contributed by atoms with Crippen molar-refractivity contribution in [3.8, 4) is 12.3 Å². The second-order valence-electron chi connectivity index (χ2n) is 2.78. The summed E-state index contributed by atoms with van der Waals surface area (Å²) in [5, 5.41) is 2.63. The lowest BCUT2D eigenvalue weighted by Crippen LogP contribution is -2.36. The van der Waals surface area contributed by atoms with Gasteiger partial charge in [-0.25, -0.2) is 0 Å². The molecule has 0 aromatic heterocycles. The van der Waals surface area contributed by atoms with Gasteiger partial charge in [0.25, 0.3) is 0 Å². The fourth-order valence-electron chi connectivity index (χ4n) is 0.881. The molecule has 0 saturated carbocycles. The molecule has 0 aromatic carbocycles. The largest absolute Gasteiger partial charge is 0.390 e. The van der Waals surface area contributed by atoms with Gasteiger partial charge in [-0.3, -0.25) is 0 Å². The van der Waals surface area contributed by atoms with Gasteiger partial charge in [-0.15, -0.1) is 6.42 Å². The summed E-state index contributed by atoms with van der Waals surface area (Å²) < 4.78 is 35.3. The number of halogens is 3. The lowest BCUT2D eigenvalue weighted by Gasteiger charge is -2.17. The summed E-state index contributed by atoms with van der Waals surface area (Å²) in [5.41, 5.74) is 0. The quantitative estimate of drug-likeness (QED) is 0.653. The lowest BCUT2D eigenvalue weighted by atomic mass is 10.2. The van der Waals surface area contributed by atoms with Gasteiger partial charge in [-0.2, -0.15) is 13.2 Å². The van der Waals surface area contributed by atoms with Crippen LogP contribution in [0.2, 0.25) is 0 Å². The van der Waals surface area contributed by atoms with Crippen molar-refractivity contribution in [2.75, 3.05) is 0 Å². The zero-order chi connectivity index (χ0) is 9.78. The van der Waals surface area contributed by atoms with Crippen molar-refractivity contribution in [2.24, 2.45) is 0 Å². The van der Waals surface area contributed by atoms with E-state index in [2.05, 4.69) is 11.2 Å². The highest BCUT2D eigenvalue weighted by atomic mass is 19.4. The molecule has 2 atom stereocenters. The predicted molar refractivity (Wildman–Crippen MR) is 41.6 cm³/mol. The van der Waals surface area contributed by atoms with E-state index in [-0.39, 0.29) is 6.04 Å². The molecule has 0 spiro atoms. The molecule has 0 radical (unpaired) electrons. The highest BCUT2D eigenvalue weighted by Gasteiger charge is 2.29. The van der Waals surface area contributed by atoms with E-state index in [1.165, 1.54) is 6.92 Å². The fraction of sp³-hybridized carbons (Fsp3) is 0.750. The van der Waals surface area contributed by atoms with Crippen LogP contribution in [0.3, 0.4) is 0 Å². The molecule has 12 heavy (non-hydrogen) atoms. The van der Waals surface area contributed by atoms with Gasteiger partial charge in [-0.1, -0.05) is 5.92 Å². The first kappa shape index (κ1) is 11.3. The molecule has 2 unspecified atom stereocenters. The standard InChI is InChI=1S/C8H12F3N/c1-4-6(2)12-7(3)5-8(9,10)11/h1,6-7,12H,5H2,2-3H3. The zero-order valence-corrected chi connectivity index (χ0v) is 7.07. The second-order valence-corrected chi connectivity index (χ2v) is 2.78. The summed E-state index contributed by atoms with van der Waals surface area (Å²) in [7, 11) is 0. The lowest BCUT2D eigenvalue weighted by molar-refractivity contribution is -0.139. The summed E-state index contributed by atoms with van der Waals surface area (Å²) >= 11 is 0. The van der Waals surface area contributed by atoms with Crippen molar-refractivity contribution in [1.29, 1.82) is 0 Å². The number of hydrogen-bond acceptors (Lipinski definition) is 1. The molecule has 4 heteroatoms. The molecule has 0 bridgehead atoms. The number of alkyl halides is 3. The number of terminal acetylenes is 1. The Morgan fingerprint density at radius 2 is 1.92 bits per heavy atom. The van der Waals surface area contributed by atoms with E-state index in [1.54, 1.807) is 6.92 Å². The molecular weight excluding hydrogens is 167 g/mol. The minimum Gasteiger partial charge on any atom is -0.301 e. The van der Waals surface area contributed by atoms with Crippen molar-refractivity contribution in [3.63, 3.8) is 0 Å². The number of rotatable bonds is 3. The normalized spacial score (nSPS) is 16.7. The predicted octanol–water partition coefficient (Wildman–Crippen LogP) is 1.94. The summed E-state index contributed by atoms with van der Waals surface area (Å²) in [4.78, 5) is 0. The Morgan fingerprint density at radius 3 is 2.25 bits per heavy atom. The summed E-state index contributed by atoms with van der Waals surface area (Å²) in [6.45, 7) is 3.11. The maximum Gasteiger partial charge on any atom is 0.390 e. The Labute approximate surface area is 70.3 Å². The third-order valence-corrected chi connectivity index (χ3v) is 1.32. The summed E-state index contributed by atoms with van der Waals surface area (Å²) in [5.74, 6) is 2.30. The van der Waals surface area contributed by atoms with Gasteiger partial charge >= 0.3 is 6.18 Å². The van der Waals surface area contributed by atoms with Crippen molar-refractivity contribution < 1.29 is 13.2 Å². The number of hydrogen-bond donors (Lipinski definition) is 1. The monoisotopic (exact) mass is 179 g/mol. The Bertz CT molecular complexity index is 168. The van der Waals surface area contributed by atoms with Gasteiger partial charge in [0.2, 0.25) is 0 Å². The van der Waals surface area contributed by atoms with Crippen LogP contribution < -0.4 is 5.32 Å². The molecule has 1 N–H and O–H groups in total. The highest BCUT2D eigenvalue weighted by Crippen LogP contribution is 2.21. The SMILES string of the molecule is C#CC(C)NC(C)CC(F)(F)F. The molecule has 0 saturated heterocycles. The Hall–Kier alpha value is -0.690. The van der Waals surface area contributed by atoms with E-state index in [0.29, 0.717) is 0 Å². The van der Waals surface area contributed by atoms with Crippen LogP contribution in [0.4, 0.5) is 13.2 Å². The molecule has 0 heterocycles. The van der Waals surface area contributed by atoms with Crippen LogP contribution in [0, 0.1) is 12.3 Å². The van der Waals surface area contributed by atoms with Crippen molar-refractivity contribution in [1.82, 2.24) is 5.32 Å². The van der Waals surface area contributed by atoms with Crippen LogP contribution in [0.15, 0.2) is 0 Å². The molecule has 0 amide bonds. The first-order valence-corrected chi connectivity index (χ1v) is 3.64. The van der Waals surface area contributed by atoms with Crippen LogP contribution in [0.1, 0.15) is 20.3 Å².